The van der Waals surface area contributed by atoms with Crippen molar-refractivity contribution in [3.05, 3.63) is 36.0 Å². The molecule has 1 aliphatic rings. The Bertz CT molecular complexity index is 562. The lowest BCUT2D eigenvalue weighted by molar-refractivity contribution is 0.0740. The van der Waals surface area contributed by atoms with Gasteiger partial charge in [0.05, 0.1) is 12.6 Å². The molecule has 2 aromatic rings. The summed E-state index contributed by atoms with van der Waals surface area (Å²) in [5, 5.41) is 13.4. The molecule has 0 radical (unpaired) electrons. The van der Waals surface area contributed by atoms with E-state index in [4.69, 9.17) is 4.52 Å². The third-order valence-corrected chi connectivity index (χ3v) is 3.49. The molecule has 0 aliphatic carbocycles. The number of aromatic nitrogens is 2. The minimum atomic E-state index is -0.288. The summed E-state index contributed by atoms with van der Waals surface area (Å²) < 4.78 is 18.1. The molecule has 106 valence electrons. The first kappa shape index (κ1) is 13.2. The standard InChI is InChI=1S/C14H16FN3O2/c15-11-3-1-10(2-4-11)14-16-13(20-17-14)9-18-7-5-12(19)6-8-18/h1-4,12,19H,5-9H2. The van der Waals surface area contributed by atoms with E-state index in [9.17, 15) is 9.50 Å². The molecule has 1 aliphatic heterocycles. The van der Waals surface area contributed by atoms with Gasteiger partial charge in [0.15, 0.2) is 0 Å². The zero-order valence-electron chi connectivity index (χ0n) is 11.0. The molecule has 3 rings (SSSR count). The van der Waals surface area contributed by atoms with Crippen LogP contribution in [0.3, 0.4) is 0 Å². The van der Waals surface area contributed by atoms with E-state index in [0.717, 1.165) is 31.5 Å². The number of rotatable bonds is 3. The predicted octanol–water partition coefficient (Wildman–Crippen LogP) is 1.83. The van der Waals surface area contributed by atoms with E-state index in [-0.39, 0.29) is 11.9 Å². The van der Waals surface area contributed by atoms with Crippen LogP contribution in [0.2, 0.25) is 0 Å². The maximum Gasteiger partial charge on any atom is 0.241 e. The van der Waals surface area contributed by atoms with Gasteiger partial charge < -0.3 is 9.63 Å². The van der Waals surface area contributed by atoms with Gasteiger partial charge in [0.2, 0.25) is 11.7 Å². The first-order chi connectivity index (χ1) is 9.70. The minimum Gasteiger partial charge on any atom is -0.393 e. The second-order valence-corrected chi connectivity index (χ2v) is 5.03. The summed E-state index contributed by atoms with van der Waals surface area (Å²) in [4.78, 5) is 6.49. The van der Waals surface area contributed by atoms with E-state index in [0.29, 0.717) is 18.3 Å². The zero-order chi connectivity index (χ0) is 13.9. The summed E-state index contributed by atoms with van der Waals surface area (Å²) in [5.74, 6) is 0.724. The fourth-order valence-corrected chi connectivity index (χ4v) is 2.30. The number of benzene rings is 1. The fourth-order valence-electron chi connectivity index (χ4n) is 2.30. The fraction of sp³-hybridized carbons (Fsp3) is 0.429. The molecule has 1 saturated heterocycles. The highest BCUT2D eigenvalue weighted by molar-refractivity contribution is 5.53. The third-order valence-electron chi connectivity index (χ3n) is 3.49. The van der Waals surface area contributed by atoms with Crippen LogP contribution >= 0.6 is 0 Å². The van der Waals surface area contributed by atoms with Gasteiger partial charge >= 0.3 is 0 Å². The summed E-state index contributed by atoms with van der Waals surface area (Å²) in [5.41, 5.74) is 0.732. The lowest BCUT2D eigenvalue weighted by atomic mass is 10.1. The van der Waals surface area contributed by atoms with Gasteiger partial charge in [-0.2, -0.15) is 4.98 Å². The second-order valence-electron chi connectivity index (χ2n) is 5.03. The van der Waals surface area contributed by atoms with Crippen molar-refractivity contribution in [2.45, 2.75) is 25.5 Å². The normalized spacial score (nSPS) is 17.5. The Labute approximate surface area is 116 Å². The maximum atomic E-state index is 12.9. The molecule has 1 aromatic carbocycles. The number of hydrogen-bond acceptors (Lipinski definition) is 5. The van der Waals surface area contributed by atoms with E-state index in [1.54, 1.807) is 12.1 Å². The van der Waals surface area contributed by atoms with Gasteiger partial charge in [-0.1, -0.05) is 5.16 Å². The number of likely N-dealkylation sites (tertiary alicyclic amines) is 1. The Morgan fingerprint density at radius 2 is 1.95 bits per heavy atom. The van der Waals surface area contributed by atoms with Gasteiger partial charge in [-0.25, -0.2) is 4.39 Å². The molecule has 20 heavy (non-hydrogen) atoms. The molecule has 6 heteroatoms. The molecule has 5 nitrogen and oxygen atoms in total. The van der Waals surface area contributed by atoms with Gasteiger partial charge in [-0.15, -0.1) is 0 Å². The first-order valence-corrected chi connectivity index (χ1v) is 6.69. The lowest BCUT2D eigenvalue weighted by Gasteiger charge is -2.27. The summed E-state index contributed by atoms with van der Waals surface area (Å²) >= 11 is 0. The molecule has 0 saturated carbocycles. The van der Waals surface area contributed by atoms with Crippen LogP contribution in [0, 0.1) is 5.82 Å². The maximum absolute atomic E-state index is 12.9. The van der Waals surface area contributed by atoms with Crippen LogP contribution in [0.4, 0.5) is 4.39 Å². The van der Waals surface area contributed by atoms with Crippen molar-refractivity contribution < 1.29 is 14.0 Å². The highest BCUT2D eigenvalue weighted by Crippen LogP contribution is 2.18. The SMILES string of the molecule is OC1CCN(Cc2nc(-c3ccc(F)cc3)no2)CC1. The average molecular weight is 277 g/mol. The minimum absolute atomic E-state index is 0.191. The van der Waals surface area contributed by atoms with Crippen LogP contribution in [0.15, 0.2) is 28.8 Å². The topological polar surface area (TPSA) is 62.4 Å². The molecule has 0 amide bonds. The number of hydrogen-bond donors (Lipinski definition) is 1. The number of aliphatic hydroxyl groups excluding tert-OH is 1. The molecule has 1 aromatic heterocycles. The van der Waals surface area contributed by atoms with Crippen LogP contribution < -0.4 is 0 Å². The Morgan fingerprint density at radius 1 is 1.25 bits per heavy atom. The molecule has 1 fully saturated rings. The molecule has 0 bridgehead atoms. The zero-order valence-corrected chi connectivity index (χ0v) is 11.0. The molecular formula is C14H16FN3O2. The van der Waals surface area contributed by atoms with Crippen LogP contribution in [0.25, 0.3) is 11.4 Å². The van der Waals surface area contributed by atoms with Gasteiger partial charge in [-0.3, -0.25) is 4.90 Å². The van der Waals surface area contributed by atoms with Crippen molar-refractivity contribution in [3.63, 3.8) is 0 Å². The van der Waals surface area contributed by atoms with Crippen molar-refractivity contribution in [1.29, 1.82) is 0 Å². The highest BCUT2D eigenvalue weighted by atomic mass is 19.1. The van der Waals surface area contributed by atoms with Crippen LogP contribution in [0.1, 0.15) is 18.7 Å². The predicted molar refractivity (Wildman–Crippen MR) is 70.2 cm³/mol. The average Bonchev–Trinajstić information content (AvgIpc) is 2.91. The quantitative estimate of drug-likeness (QED) is 0.927. The first-order valence-electron chi connectivity index (χ1n) is 6.69. The van der Waals surface area contributed by atoms with E-state index in [2.05, 4.69) is 15.0 Å². The summed E-state index contributed by atoms with van der Waals surface area (Å²) in [6, 6.07) is 6.00. The van der Waals surface area contributed by atoms with Crippen molar-refractivity contribution in [3.8, 4) is 11.4 Å². The van der Waals surface area contributed by atoms with E-state index >= 15 is 0 Å². The Hall–Kier alpha value is -1.79. The number of nitrogens with zero attached hydrogens (tertiary/aromatic N) is 3. The summed E-state index contributed by atoms with van der Waals surface area (Å²) in [6.07, 6.45) is 1.36. The Morgan fingerprint density at radius 3 is 2.65 bits per heavy atom. The highest BCUT2D eigenvalue weighted by Gasteiger charge is 2.19. The van der Waals surface area contributed by atoms with Gasteiger partial charge in [0.1, 0.15) is 5.82 Å². The van der Waals surface area contributed by atoms with E-state index in [1.807, 2.05) is 0 Å². The van der Waals surface area contributed by atoms with E-state index in [1.165, 1.54) is 12.1 Å². The molecule has 1 N–H and O–H groups in total. The van der Waals surface area contributed by atoms with Crippen molar-refractivity contribution in [1.82, 2.24) is 15.0 Å². The largest absolute Gasteiger partial charge is 0.393 e. The van der Waals surface area contributed by atoms with Crippen molar-refractivity contribution in [2.75, 3.05) is 13.1 Å². The lowest BCUT2D eigenvalue weighted by Crippen LogP contribution is -2.35. The molecular weight excluding hydrogens is 261 g/mol. The molecule has 2 heterocycles. The van der Waals surface area contributed by atoms with Crippen LogP contribution in [-0.2, 0) is 6.54 Å². The third kappa shape index (κ3) is 3.02. The summed E-state index contributed by atoms with van der Waals surface area (Å²) in [7, 11) is 0. The molecule has 0 atom stereocenters. The number of piperidine rings is 1. The summed E-state index contributed by atoms with van der Waals surface area (Å²) in [6.45, 7) is 2.24. The Balaban J connectivity index is 1.66. The van der Waals surface area contributed by atoms with Gasteiger partial charge in [-0.05, 0) is 37.1 Å². The molecule has 0 unspecified atom stereocenters. The van der Waals surface area contributed by atoms with E-state index < -0.39 is 0 Å². The second kappa shape index (κ2) is 5.68. The number of aliphatic hydroxyl groups is 1. The van der Waals surface area contributed by atoms with Gasteiger partial charge in [0, 0.05) is 18.7 Å². The van der Waals surface area contributed by atoms with Crippen LogP contribution in [0.5, 0.6) is 0 Å². The number of halogens is 1. The van der Waals surface area contributed by atoms with Crippen molar-refractivity contribution in [2.24, 2.45) is 0 Å². The van der Waals surface area contributed by atoms with Crippen molar-refractivity contribution >= 4 is 0 Å². The smallest absolute Gasteiger partial charge is 0.241 e. The molecule has 0 spiro atoms. The monoisotopic (exact) mass is 277 g/mol. The van der Waals surface area contributed by atoms with Crippen LogP contribution in [-0.4, -0.2) is 39.3 Å². The van der Waals surface area contributed by atoms with Gasteiger partial charge in [0.25, 0.3) is 0 Å². The Kier molecular flexibility index (Phi) is 3.75.